The number of para-hydroxylation sites is 1. The molecule has 154 valence electrons. The van der Waals surface area contributed by atoms with E-state index >= 15 is 0 Å². The molecule has 6 nitrogen and oxygen atoms in total. The van der Waals surface area contributed by atoms with Crippen LogP contribution in [0.15, 0.2) is 60.9 Å². The average molecular weight is 406 g/mol. The second-order valence-electron chi connectivity index (χ2n) is 7.38. The van der Waals surface area contributed by atoms with Gasteiger partial charge in [0.15, 0.2) is 0 Å². The number of aryl methyl sites for hydroxylation is 1. The summed E-state index contributed by atoms with van der Waals surface area (Å²) in [4.78, 5) is 25.3. The number of carbonyl (C=O) groups excluding carboxylic acids is 1. The minimum absolute atomic E-state index is 0.0213. The molecule has 2 aromatic carbocycles. The minimum Gasteiger partial charge on any atom is -0.439 e. The van der Waals surface area contributed by atoms with Gasteiger partial charge in [0, 0.05) is 37.3 Å². The van der Waals surface area contributed by atoms with Crippen molar-refractivity contribution in [3.8, 4) is 11.6 Å². The first-order valence-corrected chi connectivity index (χ1v) is 9.88. The predicted molar refractivity (Wildman–Crippen MR) is 112 cm³/mol. The van der Waals surface area contributed by atoms with Crippen LogP contribution in [0.3, 0.4) is 0 Å². The Labute approximate surface area is 174 Å². The standard InChI is InChI=1S/C23H23FN4O2/c1-16-5-3-4-6-20(16)30-22-13-21(25-15-26-22)27-11-12-28(17(2)14-27)23(29)18-7-9-19(24)10-8-18/h3-10,13,15,17H,11-12,14H2,1-2H3. The van der Waals surface area contributed by atoms with Crippen LogP contribution >= 0.6 is 0 Å². The third kappa shape index (κ3) is 4.25. The largest absolute Gasteiger partial charge is 0.439 e. The highest BCUT2D eigenvalue weighted by Crippen LogP contribution is 2.26. The Morgan fingerprint density at radius 3 is 2.60 bits per heavy atom. The van der Waals surface area contributed by atoms with Crippen LogP contribution in [0.5, 0.6) is 11.6 Å². The third-order valence-corrected chi connectivity index (χ3v) is 5.24. The van der Waals surface area contributed by atoms with E-state index < -0.39 is 0 Å². The molecule has 3 aromatic rings. The van der Waals surface area contributed by atoms with Crippen molar-refractivity contribution in [3.63, 3.8) is 0 Å². The lowest BCUT2D eigenvalue weighted by Crippen LogP contribution is -2.54. The van der Waals surface area contributed by atoms with Crippen molar-refractivity contribution >= 4 is 11.7 Å². The first-order valence-electron chi connectivity index (χ1n) is 9.88. The molecule has 0 aliphatic carbocycles. The molecule has 1 aromatic heterocycles. The van der Waals surface area contributed by atoms with E-state index in [0.29, 0.717) is 31.1 Å². The highest BCUT2D eigenvalue weighted by atomic mass is 19.1. The van der Waals surface area contributed by atoms with Gasteiger partial charge in [0.05, 0.1) is 0 Å². The van der Waals surface area contributed by atoms with Crippen molar-refractivity contribution in [2.45, 2.75) is 19.9 Å². The van der Waals surface area contributed by atoms with Crippen molar-refractivity contribution in [3.05, 3.63) is 77.9 Å². The van der Waals surface area contributed by atoms with Crippen LogP contribution in [0.25, 0.3) is 0 Å². The molecule has 2 heterocycles. The fourth-order valence-corrected chi connectivity index (χ4v) is 3.57. The number of benzene rings is 2. The fourth-order valence-electron chi connectivity index (χ4n) is 3.57. The Kier molecular flexibility index (Phi) is 5.61. The zero-order valence-electron chi connectivity index (χ0n) is 17.0. The molecule has 1 amide bonds. The lowest BCUT2D eigenvalue weighted by Gasteiger charge is -2.40. The highest BCUT2D eigenvalue weighted by molar-refractivity contribution is 5.94. The maximum Gasteiger partial charge on any atom is 0.254 e. The summed E-state index contributed by atoms with van der Waals surface area (Å²) in [7, 11) is 0. The van der Waals surface area contributed by atoms with E-state index in [1.165, 1.54) is 30.6 Å². The zero-order chi connectivity index (χ0) is 21.1. The number of ether oxygens (including phenoxy) is 1. The Balaban J connectivity index is 1.45. The Morgan fingerprint density at radius 1 is 1.10 bits per heavy atom. The molecule has 1 atom stereocenters. The first-order chi connectivity index (χ1) is 14.5. The van der Waals surface area contributed by atoms with E-state index in [0.717, 1.165) is 17.1 Å². The van der Waals surface area contributed by atoms with Crippen molar-refractivity contribution in [1.82, 2.24) is 14.9 Å². The summed E-state index contributed by atoms with van der Waals surface area (Å²) < 4.78 is 19.1. The van der Waals surface area contributed by atoms with Crippen molar-refractivity contribution in [1.29, 1.82) is 0 Å². The number of carbonyl (C=O) groups is 1. The smallest absolute Gasteiger partial charge is 0.254 e. The first kappa shape index (κ1) is 19.8. The van der Waals surface area contributed by atoms with Gasteiger partial charge in [-0.3, -0.25) is 4.79 Å². The molecule has 0 N–H and O–H groups in total. The number of amides is 1. The van der Waals surface area contributed by atoms with E-state index in [-0.39, 0.29) is 17.8 Å². The molecule has 0 saturated carbocycles. The number of anilines is 1. The topological polar surface area (TPSA) is 58.6 Å². The lowest BCUT2D eigenvalue weighted by atomic mass is 10.1. The fraction of sp³-hybridized carbons (Fsp3) is 0.261. The zero-order valence-corrected chi connectivity index (χ0v) is 17.0. The van der Waals surface area contributed by atoms with Gasteiger partial charge in [0.1, 0.15) is 23.7 Å². The van der Waals surface area contributed by atoms with Gasteiger partial charge in [-0.2, -0.15) is 0 Å². The summed E-state index contributed by atoms with van der Waals surface area (Å²) in [6.45, 7) is 5.80. The van der Waals surface area contributed by atoms with Crippen LogP contribution in [-0.2, 0) is 0 Å². The third-order valence-electron chi connectivity index (χ3n) is 5.24. The molecule has 30 heavy (non-hydrogen) atoms. The SMILES string of the molecule is Cc1ccccc1Oc1cc(N2CCN(C(=O)c3ccc(F)cc3)C(C)C2)ncn1. The number of piperazine rings is 1. The van der Waals surface area contributed by atoms with Crippen molar-refractivity contribution < 1.29 is 13.9 Å². The van der Waals surface area contributed by atoms with Gasteiger partial charge in [-0.05, 0) is 49.7 Å². The predicted octanol–water partition coefficient (Wildman–Crippen LogP) is 4.07. The lowest BCUT2D eigenvalue weighted by molar-refractivity contribution is 0.0673. The number of aromatic nitrogens is 2. The van der Waals surface area contributed by atoms with Crippen LogP contribution in [0, 0.1) is 12.7 Å². The average Bonchev–Trinajstić information content (AvgIpc) is 2.75. The molecule has 4 rings (SSSR count). The normalized spacial score (nSPS) is 16.4. The highest BCUT2D eigenvalue weighted by Gasteiger charge is 2.29. The maximum absolute atomic E-state index is 13.1. The number of halogens is 1. The van der Waals surface area contributed by atoms with E-state index in [4.69, 9.17) is 4.74 Å². The molecule has 1 aliphatic heterocycles. The monoisotopic (exact) mass is 406 g/mol. The van der Waals surface area contributed by atoms with Gasteiger partial charge in [-0.25, -0.2) is 14.4 Å². The summed E-state index contributed by atoms with van der Waals surface area (Å²) >= 11 is 0. The van der Waals surface area contributed by atoms with Crippen LogP contribution in [0.4, 0.5) is 10.2 Å². The van der Waals surface area contributed by atoms with Gasteiger partial charge >= 0.3 is 0 Å². The summed E-state index contributed by atoms with van der Waals surface area (Å²) in [5, 5.41) is 0. The summed E-state index contributed by atoms with van der Waals surface area (Å²) in [6.07, 6.45) is 1.49. The van der Waals surface area contributed by atoms with Crippen molar-refractivity contribution in [2.24, 2.45) is 0 Å². The Morgan fingerprint density at radius 2 is 1.87 bits per heavy atom. The van der Waals surface area contributed by atoms with E-state index in [1.54, 1.807) is 0 Å². The van der Waals surface area contributed by atoms with Gasteiger partial charge in [-0.1, -0.05) is 18.2 Å². The van der Waals surface area contributed by atoms with E-state index in [2.05, 4.69) is 14.9 Å². The second kappa shape index (κ2) is 8.49. The molecule has 1 fully saturated rings. The number of nitrogens with zero attached hydrogens (tertiary/aromatic N) is 4. The van der Waals surface area contributed by atoms with Gasteiger partial charge < -0.3 is 14.5 Å². The summed E-state index contributed by atoms with van der Waals surface area (Å²) in [6, 6.07) is 15.2. The molecule has 1 unspecified atom stereocenters. The molecule has 1 aliphatic rings. The quantitative estimate of drug-likeness (QED) is 0.654. The van der Waals surface area contributed by atoms with Crippen molar-refractivity contribution in [2.75, 3.05) is 24.5 Å². The molecule has 0 radical (unpaired) electrons. The second-order valence-corrected chi connectivity index (χ2v) is 7.38. The summed E-state index contributed by atoms with van der Waals surface area (Å²) in [5.74, 6) is 1.55. The van der Waals surface area contributed by atoms with E-state index in [1.807, 2.05) is 49.1 Å². The molecule has 7 heteroatoms. The van der Waals surface area contributed by atoms with E-state index in [9.17, 15) is 9.18 Å². The molecule has 0 bridgehead atoms. The Hall–Kier alpha value is -3.48. The summed E-state index contributed by atoms with van der Waals surface area (Å²) in [5.41, 5.74) is 1.52. The number of hydrogen-bond acceptors (Lipinski definition) is 5. The maximum atomic E-state index is 13.1. The van der Waals surface area contributed by atoms with Crippen LogP contribution in [-0.4, -0.2) is 46.5 Å². The molecule has 1 saturated heterocycles. The van der Waals surface area contributed by atoms with Crippen LogP contribution in [0.1, 0.15) is 22.8 Å². The number of hydrogen-bond donors (Lipinski definition) is 0. The van der Waals surface area contributed by atoms with Crippen LogP contribution < -0.4 is 9.64 Å². The van der Waals surface area contributed by atoms with Gasteiger partial charge in [0.25, 0.3) is 5.91 Å². The van der Waals surface area contributed by atoms with Gasteiger partial charge in [-0.15, -0.1) is 0 Å². The molecule has 0 spiro atoms. The Bertz CT molecular complexity index is 1040. The van der Waals surface area contributed by atoms with Gasteiger partial charge in [0.2, 0.25) is 5.88 Å². The van der Waals surface area contributed by atoms with Crippen LogP contribution in [0.2, 0.25) is 0 Å². The molecular formula is C23H23FN4O2. The number of rotatable bonds is 4. The molecular weight excluding hydrogens is 383 g/mol. The minimum atomic E-state index is -0.350.